The summed E-state index contributed by atoms with van der Waals surface area (Å²) in [7, 11) is -4.07. The number of sulfonamides is 1. The Hall–Kier alpha value is -3.17. The summed E-state index contributed by atoms with van der Waals surface area (Å²) in [6.45, 7) is 3.40. The number of benzene rings is 3. The number of hydrogen-bond donors (Lipinski definition) is 1. The second kappa shape index (κ2) is 12.8. The summed E-state index contributed by atoms with van der Waals surface area (Å²) >= 11 is 3.39. The molecule has 2 amide bonds. The number of aryl methyl sites for hydroxylation is 1. The van der Waals surface area contributed by atoms with E-state index >= 15 is 0 Å². The number of carbonyl (C=O) groups excluding carboxylic acids is 2. The van der Waals surface area contributed by atoms with Crippen LogP contribution in [0.15, 0.2) is 88.2 Å². The van der Waals surface area contributed by atoms with E-state index in [1.807, 2.05) is 31.2 Å². The lowest BCUT2D eigenvalue weighted by molar-refractivity contribution is -0.139. The topological polar surface area (TPSA) is 86.8 Å². The molecule has 39 heavy (non-hydrogen) atoms. The minimum absolute atomic E-state index is 0.0815. The lowest BCUT2D eigenvalue weighted by Gasteiger charge is -2.32. The maximum Gasteiger partial charge on any atom is 0.264 e. The van der Waals surface area contributed by atoms with Crippen molar-refractivity contribution in [2.75, 3.05) is 10.8 Å². The molecule has 0 aliphatic heterocycles. The normalized spacial score (nSPS) is 14.5. The Kier molecular flexibility index (Phi) is 9.45. The van der Waals surface area contributed by atoms with Crippen molar-refractivity contribution >= 4 is 43.5 Å². The van der Waals surface area contributed by atoms with Gasteiger partial charge in [0.1, 0.15) is 12.6 Å². The summed E-state index contributed by atoms with van der Waals surface area (Å²) in [4.78, 5) is 28.8. The van der Waals surface area contributed by atoms with Gasteiger partial charge in [0, 0.05) is 17.1 Å². The van der Waals surface area contributed by atoms with Gasteiger partial charge in [0.05, 0.1) is 10.6 Å². The van der Waals surface area contributed by atoms with Gasteiger partial charge in [-0.15, -0.1) is 0 Å². The molecule has 0 heterocycles. The fourth-order valence-corrected chi connectivity index (χ4v) is 6.54. The molecule has 1 atom stereocenters. The van der Waals surface area contributed by atoms with Gasteiger partial charge in [-0.25, -0.2) is 8.42 Å². The summed E-state index contributed by atoms with van der Waals surface area (Å²) in [6.07, 6.45) is 4.00. The average molecular weight is 613 g/mol. The number of rotatable bonds is 10. The highest BCUT2D eigenvalue weighted by Crippen LogP contribution is 2.26. The minimum Gasteiger partial charge on any atom is -0.352 e. The number of anilines is 1. The minimum atomic E-state index is -4.07. The fourth-order valence-electron chi connectivity index (χ4n) is 4.84. The van der Waals surface area contributed by atoms with Crippen molar-refractivity contribution in [3.63, 3.8) is 0 Å². The number of carbonyl (C=O) groups is 2. The van der Waals surface area contributed by atoms with Gasteiger partial charge in [0.25, 0.3) is 10.0 Å². The molecule has 1 fully saturated rings. The van der Waals surface area contributed by atoms with E-state index < -0.39 is 28.5 Å². The van der Waals surface area contributed by atoms with E-state index in [4.69, 9.17) is 0 Å². The monoisotopic (exact) mass is 611 g/mol. The van der Waals surface area contributed by atoms with E-state index in [9.17, 15) is 18.0 Å². The molecule has 1 saturated carbocycles. The molecule has 7 nitrogen and oxygen atoms in total. The molecular weight excluding hydrogens is 578 g/mol. The van der Waals surface area contributed by atoms with E-state index in [0.29, 0.717) is 5.69 Å². The third-order valence-corrected chi connectivity index (χ3v) is 9.35. The number of nitrogens with one attached hydrogen (secondary N) is 1. The van der Waals surface area contributed by atoms with Gasteiger partial charge in [-0.1, -0.05) is 76.8 Å². The fraction of sp³-hybridized carbons (Fsp3) is 0.333. The molecule has 4 rings (SSSR count). The quantitative estimate of drug-likeness (QED) is 0.331. The Bertz CT molecular complexity index is 1390. The number of hydrogen-bond acceptors (Lipinski definition) is 4. The van der Waals surface area contributed by atoms with Crippen LogP contribution in [0.25, 0.3) is 0 Å². The van der Waals surface area contributed by atoms with Crippen LogP contribution in [0.3, 0.4) is 0 Å². The molecule has 0 aromatic heterocycles. The summed E-state index contributed by atoms with van der Waals surface area (Å²) in [6, 6.07) is 21.9. The molecule has 0 bridgehead atoms. The van der Waals surface area contributed by atoms with E-state index in [1.165, 1.54) is 17.0 Å². The Morgan fingerprint density at radius 2 is 1.64 bits per heavy atom. The first-order valence-corrected chi connectivity index (χ1v) is 15.4. The molecule has 3 aromatic carbocycles. The highest BCUT2D eigenvalue weighted by atomic mass is 79.9. The predicted octanol–water partition coefficient (Wildman–Crippen LogP) is 5.43. The van der Waals surface area contributed by atoms with Crippen LogP contribution in [0.5, 0.6) is 0 Å². The maximum absolute atomic E-state index is 14.0. The predicted molar refractivity (Wildman–Crippen MR) is 157 cm³/mol. The van der Waals surface area contributed by atoms with Crippen LogP contribution >= 0.6 is 15.9 Å². The second-order valence-corrected chi connectivity index (χ2v) is 12.8. The molecule has 0 radical (unpaired) electrons. The van der Waals surface area contributed by atoms with Gasteiger partial charge < -0.3 is 10.2 Å². The molecular formula is C30H34BrN3O4S. The van der Waals surface area contributed by atoms with Crippen molar-refractivity contribution in [2.24, 2.45) is 0 Å². The largest absolute Gasteiger partial charge is 0.352 e. The van der Waals surface area contributed by atoms with Crippen molar-refractivity contribution in [1.29, 1.82) is 0 Å². The van der Waals surface area contributed by atoms with Crippen molar-refractivity contribution in [3.05, 3.63) is 94.5 Å². The lowest BCUT2D eigenvalue weighted by Crippen LogP contribution is -2.52. The van der Waals surface area contributed by atoms with E-state index in [0.717, 1.165) is 45.6 Å². The summed E-state index contributed by atoms with van der Waals surface area (Å²) in [5.41, 5.74) is 2.25. The van der Waals surface area contributed by atoms with E-state index in [1.54, 1.807) is 49.4 Å². The third-order valence-electron chi connectivity index (χ3n) is 7.03. The number of nitrogens with zero attached hydrogens (tertiary/aromatic N) is 2. The molecule has 0 saturated heterocycles. The Labute approximate surface area is 239 Å². The van der Waals surface area contributed by atoms with Crippen LogP contribution in [0, 0.1) is 6.92 Å². The summed E-state index contributed by atoms with van der Waals surface area (Å²) in [5.74, 6) is -0.697. The van der Waals surface area contributed by atoms with Gasteiger partial charge in [0.15, 0.2) is 0 Å². The van der Waals surface area contributed by atoms with Crippen LogP contribution in [-0.2, 0) is 26.2 Å². The van der Waals surface area contributed by atoms with Gasteiger partial charge in [0.2, 0.25) is 11.8 Å². The maximum atomic E-state index is 14.0. The Morgan fingerprint density at radius 3 is 2.28 bits per heavy atom. The van der Waals surface area contributed by atoms with Crippen molar-refractivity contribution in [3.8, 4) is 0 Å². The summed E-state index contributed by atoms with van der Waals surface area (Å²) < 4.78 is 29.5. The molecule has 3 aromatic rings. The summed E-state index contributed by atoms with van der Waals surface area (Å²) in [5, 5.41) is 3.09. The molecule has 1 aliphatic carbocycles. The van der Waals surface area contributed by atoms with Crippen molar-refractivity contribution < 1.29 is 18.0 Å². The van der Waals surface area contributed by atoms with E-state index in [-0.39, 0.29) is 23.4 Å². The third kappa shape index (κ3) is 7.28. The van der Waals surface area contributed by atoms with Gasteiger partial charge in [-0.3, -0.25) is 13.9 Å². The van der Waals surface area contributed by atoms with Gasteiger partial charge >= 0.3 is 0 Å². The first-order chi connectivity index (χ1) is 18.6. The van der Waals surface area contributed by atoms with Crippen LogP contribution in [0.4, 0.5) is 5.69 Å². The highest BCUT2D eigenvalue weighted by molar-refractivity contribution is 9.10. The lowest BCUT2D eigenvalue weighted by atomic mass is 10.1. The second-order valence-electron chi connectivity index (χ2n) is 9.98. The SMILES string of the molecule is Cc1cccc(CN(C(=O)CN(c2ccc(Br)cc2)S(=O)(=O)c2ccccc2)[C@@H](C)C(=O)NC2CCCC2)c1. The number of halogens is 1. The molecule has 0 spiro atoms. The van der Waals surface area contributed by atoms with Gasteiger partial charge in [-0.05, 0) is 68.7 Å². The zero-order valence-electron chi connectivity index (χ0n) is 22.2. The highest BCUT2D eigenvalue weighted by Gasteiger charge is 2.33. The molecule has 0 unspecified atom stereocenters. The smallest absolute Gasteiger partial charge is 0.264 e. The Morgan fingerprint density at radius 1 is 0.974 bits per heavy atom. The van der Waals surface area contributed by atoms with Gasteiger partial charge in [-0.2, -0.15) is 0 Å². The zero-order chi connectivity index (χ0) is 28.0. The molecule has 206 valence electrons. The standard InChI is InChI=1S/C30H34BrN3O4S/c1-22-9-8-10-24(19-22)20-33(23(2)30(36)32-26-11-6-7-12-26)29(35)21-34(27-17-15-25(31)16-18-27)39(37,38)28-13-4-3-5-14-28/h3-5,8-10,13-19,23,26H,6-7,11-12,20-21H2,1-2H3,(H,32,36)/t23-/m0/s1. The molecule has 1 aliphatic rings. The first kappa shape index (κ1) is 28.8. The zero-order valence-corrected chi connectivity index (χ0v) is 24.6. The van der Waals surface area contributed by atoms with Crippen molar-refractivity contribution in [2.45, 2.75) is 63.1 Å². The van der Waals surface area contributed by atoms with Crippen LogP contribution in [0.2, 0.25) is 0 Å². The van der Waals surface area contributed by atoms with Crippen LogP contribution in [0.1, 0.15) is 43.7 Å². The van der Waals surface area contributed by atoms with Crippen LogP contribution in [-0.4, -0.2) is 43.8 Å². The van der Waals surface area contributed by atoms with Crippen molar-refractivity contribution in [1.82, 2.24) is 10.2 Å². The Balaban J connectivity index is 1.67. The van der Waals surface area contributed by atoms with Crippen LogP contribution < -0.4 is 9.62 Å². The molecule has 9 heteroatoms. The number of amides is 2. The molecule has 1 N–H and O–H groups in total. The first-order valence-electron chi connectivity index (χ1n) is 13.1. The average Bonchev–Trinajstić information content (AvgIpc) is 3.44. The van der Waals surface area contributed by atoms with E-state index in [2.05, 4.69) is 21.2 Å².